The molecule has 2 aromatic heterocycles. The SMILES string of the molecule is Brc1ncn2cc(C3CC3)sc12. The Morgan fingerprint density at radius 2 is 2.42 bits per heavy atom. The summed E-state index contributed by atoms with van der Waals surface area (Å²) < 4.78 is 3.07. The Kier molecular flexibility index (Phi) is 1.37. The number of aromatic nitrogens is 2. The smallest absolute Gasteiger partial charge is 0.142 e. The molecule has 0 spiro atoms. The van der Waals surface area contributed by atoms with Crippen LogP contribution >= 0.6 is 27.3 Å². The zero-order valence-electron chi connectivity index (χ0n) is 6.33. The number of imidazole rings is 1. The molecule has 1 fully saturated rings. The van der Waals surface area contributed by atoms with E-state index in [-0.39, 0.29) is 0 Å². The third-order valence-electron chi connectivity index (χ3n) is 2.17. The second-order valence-corrected chi connectivity index (χ2v) is 4.97. The largest absolute Gasteiger partial charge is 0.296 e. The number of hydrogen-bond acceptors (Lipinski definition) is 2. The first-order valence-electron chi connectivity index (χ1n) is 3.96. The van der Waals surface area contributed by atoms with Crippen LogP contribution in [0.5, 0.6) is 0 Å². The fourth-order valence-corrected chi connectivity index (χ4v) is 3.02. The highest BCUT2D eigenvalue weighted by Crippen LogP contribution is 2.44. The van der Waals surface area contributed by atoms with Crippen molar-refractivity contribution in [2.24, 2.45) is 0 Å². The number of hydrogen-bond donors (Lipinski definition) is 0. The molecule has 0 bridgehead atoms. The molecule has 2 nitrogen and oxygen atoms in total. The Labute approximate surface area is 82.4 Å². The van der Waals surface area contributed by atoms with Gasteiger partial charge < -0.3 is 0 Å². The predicted molar refractivity (Wildman–Crippen MR) is 52.7 cm³/mol. The molecule has 0 N–H and O–H groups in total. The highest BCUT2D eigenvalue weighted by atomic mass is 79.9. The van der Waals surface area contributed by atoms with Crippen LogP contribution in [0.15, 0.2) is 17.1 Å². The minimum atomic E-state index is 0.849. The predicted octanol–water partition coefficient (Wildman–Crippen LogP) is 3.04. The lowest BCUT2D eigenvalue weighted by Crippen LogP contribution is -1.71. The van der Waals surface area contributed by atoms with Crippen molar-refractivity contribution in [2.45, 2.75) is 18.8 Å². The lowest BCUT2D eigenvalue weighted by molar-refractivity contribution is 1.11. The summed E-state index contributed by atoms with van der Waals surface area (Å²) >= 11 is 5.28. The van der Waals surface area contributed by atoms with Crippen molar-refractivity contribution in [3.63, 3.8) is 0 Å². The molecule has 4 heteroatoms. The summed E-state index contributed by atoms with van der Waals surface area (Å²) in [7, 11) is 0. The van der Waals surface area contributed by atoms with Gasteiger partial charge in [-0.3, -0.25) is 4.40 Å². The van der Waals surface area contributed by atoms with Gasteiger partial charge >= 0.3 is 0 Å². The van der Waals surface area contributed by atoms with Crippen LogP contribution in [0.4, 0.5) is 0 Å². The molecule has 3 rings (SSSR count). The van der Waals surface area contributed by atoms with Crippen LogP contribution in [0.25, 0.3) is 4.83 Å². The number of rotatable bonds is 1. The van der Waals surface area contributed by atoms with E-state index in [1.165, 1.54) is 22.5 Å². The normalized spacial score (nSPS) is 17.4. The van der Waals surface area contributed by atoms with Gasteiger partial charge in [-0.15, -0.1) is 11.3 Å². The van der Waals surface area contributed by atoms with Gasteiger partial charge in [0.05, 0.1) is 0 Å². The van der Waals surface area contributed by atoms with E-state index < -0.39 is 0 Å². The number of halogens is 1. The fraction of sp³-hybridized carbons (Fsp3) is 0.375. The molecule has 0 amide bonds. The van der Waals surface area contributed by atoms with E-state index in [0.29, 0.717) is 0 Å². The van der Waals surface area contributed by atoms with E-state index in [0.717, 1.165) is 10.5 Å². The first-order chi connectivity index (χ1) is 5.84. The molecule has 0 saturated heterocycles. The lowest BCUT2D eigenvalue weighted by atomic mass is 10.4. The Morgan fingerprint density at radius 1 is 1.58 bits per heavy atom. The lowest BCUT2D eigenvalue weighted by Gasteiger charge is -1.83. The van der Waals surface area contributed by atoms with Gasteiger partial charge in [-0.25, -0.2) is 4.98 Å². The van der Waals surface area contributed by atoms with Crippen LogP contribution in [0.2, 0.25) is 0 Å². The molecule has 0 unspecified atom stereocenters. The van der Waals surface area contributed by atoms with Crippen LogP contribution in [-0.4, -0.2) is 9.38 Å². The Balaban J connectivity index is 2.23. The maximum atomic E-state index is 4.17. The maximum absolute atomic E-state index is 4.17. The van der Waals surface area contributed by atoms with Gasteiger partial charge in [-0.1, -0.05) is 0 Å². The zero-order chi connectivity index (χ0) is 8.13. The third kappa shape index (κ3) is 0.944. The Bertz CT molecular complexity index is 427. The van der Waals surface area contributed by atoms with Crippen LogP contribution in [0.1, 0.15) is 23.6 Å². The monoisotopic (exact) mass is 242 g/mol. The average molecular weight is 243 g/mol. The molecule has 2 heterocycles. The summed E-state index contributed by atoms with van der Waals surface area (Å²) in [5, 5.41) is 0. The van der Waals surface area contributed by atoms with Gasteiger partial charge in [-0.05, 0) is 34.7 Å². The van der Waals surface area contributed by atoms with Crippen LogP contribution in [0.3, 0.4) is 0 Å². The molecule has 1 aliphatic rings. The molecule has 62 valence electrons. The molecule has 12 heavy (non-hydrogen) atoms. The molecular formula is C8H7BrN2S. The maximum Gasteiger partial charge on any atom is 0.142 e. The average Bonchev–Trinajstić information content (AvgIpc) is 2.73. The van der Waals surface area contributed by atoms with E-state index in [2.05, 4.69) is 31.5 Å². The molecule has 2 aromatic rings. The summed E-state index contributed by atoms with van der Waals surface area (Å²) in [6.45, 7) is 0. The highest BCUT2D eigenvalue weighted by molar-refractivity contribution is 9.10. The molecular weight excluding hydrogens is 236 g/mol. The van der Waals surface area contributed by atoms with Crippen molar-refractivity contribution in [3.8, 4) is 0 Å². The molecule has 0 aromatic carbocycles. The van der Waals surface area contributed by atoms with Crippen molar-refractivity contribution in [1.29, 1.82) is 0 Å². The number of thiazole rings is 1. The van der Waals surface area contributed by atoms with Crippen LogP contribution in [0, 0.1) is 0 Å². The van der Waals surface area contributed by atoms with E-state index in [4.69, 9.17) is 0 Å². The second-order valence-electron chi connectivity index (χ2n) is 3.16. The summed E-state index contributed by atoms with van der Waals surface area (Å²) in [6.07, 6.45) is 6.81. The number of fused-ring (bicyclic) bond motifs is 1. The topological polar surface area (TPSA) is 17.3 Å². The third-order valence-corrected chi connectivity index (χ3v) is 4.28. The van der Waals surface area contributed by atoms with Crippen LogP contribution in [-0.2, 0) is 0 Å². The summed E-state index contributed by atoms with van der Waals surface area (Å²) in [6, 6.07) is 0. The molecule has 1 saturated carbocycles. The standard InChI is InChI=1S/C8H7BrN2S/c9-7-8-11(4-10-7)3-6(12-8)5-1-2-5/h3-5H,1-2H2. The van der Waals surface area contributed by atoms with Crippen molar-refractivity contribution in [3.05, 3.63) is 22.0 Å². The zero-order valence-corrected chi connectivity index (χ0v) is 8.73. The summed E-state index contributed by atoms with van der Waals surface area (Å²) in [5.41, 5.74) is 0. The first-order valence-corrected chi connectivity index (χ1v) is 5.57. The minimum Gasteiger partial charge on any atom is -0.296 e. The quantitative estimate of drug-likeness (QED) is 0.752. The summed E-state index contributed by atoms with van der Waals surface area (Å²) in [4.78, 5) is 6.91. The van der Waals surface area contributed by atoms with Crippen molar-refractivity contribution >= 4 is 32.1 Å². The summed E-state index contributed by atoms with van der Waals surface area (Å²) in [5.74, 6) is 0.849. The fourth-order valence-electron chi connectivity index (χ4n) is 1.35. The number of nitrogens with zero attached hydrogens (tertiary/aromatic N) is 2. The Morgan fingerprint density at radius 3 is 3.08 bits per heavy atom. The minimum absolute atomic E-state index is 0.849. The van der Waals surface area contributed by atoms with E-state index in [1.54, 1.807) is 0 Å². The van der Waals surface area contributed by atoms with Gasteiger partial charge in [0, 0.05) is 11.1 Å². The Hall–Kier alpha value is -0.350. The van der Waals surface area contributed by atoms with Crippen molar-refractivity contribution in [2.75, 3.05) is 0 Å². The highest BCUT2D eigenvalue weighted by Gasteiger charge is 2.26. The van der Waals surface area contributed by atoms with E-state index in [1.807, 2.05) is 17.7 Å². The van der Waals surface area contributed by atoms with E-state index in [9.17, 15) is 0 Å². The van der Waals surface area contributed by atoms with Gasteiger partial charge in [-0.2, -0.15) is 0 Å². The molecule has 0 radical (unpaired) electrons. The van der Waals surface area contributed by atoms with Crippen LogP contribution < -0.4 is 0 Å². The van der Waals surface area contributed by atoms with Gasteiger partial charge in [0.2, 0.25) is 0 Å². The first kappa shape index (κ1) is 7.09. The van der Waals surface area contributed by atoms with Gasteiger partial charge in [0.25, 0.3) is 0 Å². The molecule has 1 aliphatic carbocycles. The molecule has 0 atom stereocenters. The van der Waals surface area contributed by atoms with Crippen molar-refractivity contribution < 1.29 is 0 Å². The van der Waals surface area contributed by atoms with E-state index >= 15 is 0 Å². The van der Waals surface area contributed by atoms with Crippen molar-refractivity contribution in [1.82, 2.24) is 9.38 Å². The second kappa shape index (κ2) is 2.33. The van der Waals surface area contributed by atoms with Gasteiger partial charge in [0.1, 0.15) is 15.8 Å². The van der Waals surface area contributed by atoms with Gasteiger partial charge in [0.15, 0.2) is 0 Å². The molecule has 0 aliphatic heterocycles.